The van der Waals surface area contributed by atoms with E-state index in [0.717, 1.165) is 24.9 Å². The Morgan fingerprint density at radius 2 is 2.60 bits per heavy atom. The number of aromatic nitrogens is 1. The molecule has 1 aromatic heterocycles. The van der Waals surface area contributed by atoms with Crippen molar-refractivity contribution >= 4 is 5.91 Å². The second-order valence-electron chi connectivity index (χ2n) is 3.73. The minimum Gasteiger partial charge on any atom is -0.351 e. The topological polar surface area (TPSA) is 54.0 Å². The molecular weight excluding hydrogens is 190 g/mol. The maximum Gasteiger partial charge on any atom is 0.237 e. The molecule has 2 heterocycles. The summed E-state index contributed by atoms with van der Waals surface area (Å²) in [7, 11) is 0. The monoisotopic (exact) mass is 205 g/mol. The number of amides is 1. The van der Waals surface area contributed by atoms with Crippen LogP contribution in [0, 0.1) is 0 Å². The van der Waals surface area contributed by atoms with E-state index < -0.39 is 0 Å². The highest BCUT2D eigenvalue weighted by Gasteiger charge is 2.21. The lowest BCUT2D eigenvalue weighted by molar-refractivity contribution is -0.122. The third-order valence-electron chi connectivity index (χ3n) is 2.57. The van der Waals surface area contributed by atoms with Crippen LogP contribution in [0.25, 0.3) is 0 Å². The molecule has 1 aliphatic rings. The first-order valence-electron chi connectivity index (χ1n) is 5.26. The lowest BCUT2D eigenvalue weighted by Gasteiger charge is -2.10. The molecule has 1 atom stereocenters. The van der Waals surface area contributed by atoms with Crippen molar-refractivity contribution < 1.29 is 4.79 Å². The summed E-state index contributed by atoms with van der Waals surface area (Å²) in [6, 6.07) is 3.83. The van der Waals surface area contributed by atoms with E-state index in [1.54, 1.807) is 12.4 Å². The van der Waals surface area contributed by atoms with Crippen molar-refractivity contribution in [2.24, 2.45) is 0 Å². The first-order valence-corrected chi connectivity index (χ1v) is 5.26. The molecular formula is C11H15N3O. The fourth-order valence-corrected chi connectivity index (χ4v) is 1.72. The van der Waals surface area contributed by atoms with Gasteiger partial charge >= 0.3 is 0 Å². The zero-order valence-electron chi connectivity index (χ0n) is 8.57. The van der Waals surface area contributed by atoms with Gasteiger partial charge in [0.2, 0.25) is 5.91 Å². The van der Waals surface area contributed by atoms with Gasteiger partial charge in [0.05, 0.1) is 6.04 Å². The minimum atomic E-state index is 0.00155. The highest BCUT2D eigenvalue weighted by molar-refractivity contribution is 5.81. The maximum absolute atomic E-state index is 11.6. The Balaban J connectivity index is 1.80. The van der Waals surface area contributed by atoms with Gasteiger partial charge in [0.1, 0.15) is 0 Å². The van der Waals surface area contributed by atoms with Gasteiger partial charge in [-0.05, 0) is 31.0 Å². The maximum atomic E-state index is 11.6. The van der Waals surface area contributed by atoms with E-state index >= 15 is 0 Å². The van der Waals surface area contributed by atoms with Crippen LogP contribution in [0.2, 0.25) is 0 Å². The standard InChI is InChI=1S/C11H15N3O/c15-11(10-4-2-6-13-10)14-8-9-3-1-5-12-7-9/h1,3,5,7,10,13H,2,4,6,8H2,(H,14,15). The van der Waals surface area contributed by atoms with Crippen LogP contribution in [0.5, 0.6) is 0 Å². The third-order valence-corrected chi connectivity index (χ3v) is 2.57. The van der Waals surface area contributed by atoms with Gasteiger partial charge in [0, 0.05) is 18.9 Å². The second-order valence-corrected chi connectivity index (χ2v) is 3.73. The SMILES string of the molecule is O=C(NCc1cccnc1)C1CCCN1. The van der Waals surface area contributed by atoms with Crippen LogP contribution >= 0.6 is 0 Å². The van der Waals surface area contributed by atoms with Gasteiger partial charge in [-0.1, -0.05) is 6.07 Å². The molecule has 1 fully saturated rings. The number of nitrogens with zero attached hydrogens (tertiary/aromatic N) is 1. The van der Waals surface area contributed by atoms with Gasteiger partial charge < -0.3 is 10.6 Å². The van der Waals surface area contributed by atoms with E-state index in [4.69, 9.17) is 0 Å². The molecule has 4 heteroatoms. The number of carbonyl (C=O) groups is 1. The van der Waals surface area contributed by atoms with Crippen LogP contribution < -0.4 is 10.6 Å². The summed E-state index contributed by atoms with van der Waals surface area (Å²) < 4.78 is 0. The Bertz CT molecular complexity index is 320. The molecule has 2 N–H and O–H groups in total. The van der Waals surface area contributed by atoms with E-state index in [1.165, 1.54) is 0 Å². The van der Waals surface area contributed by atoms with Crippen LogP contribution in [0.4, 0.5) is 0 Å². The predicted molar refractivity (Wildman–Crippen MR) is 57.1 cm³/mol. The summed E-state index contributed by atoms with van der Waals surface area (Å²) in [5.74, 6) is 0.0938. The molecule has 1 saturated heterocycles. The fraction of sp³-hybridized carbons (Fsp3) is 0.455. The predicted octanol–water partition coefficient (Wildman–Crippen LogP) is 0.450. The summed E-state index contributed by atoms with van der Waals surface area (Å²) in [5.41, 5.74) is 1.03. The summed E-state index contributed by atoms with van der Waals surface area (Å²) in [6.45, 7) is 1.51. The molecule has 0 aromatic carbocycles. The molecule has 0 radical (unpaired) electrons. The highest BCUT2D eigenvalue weighted by Crippen LogP contribution is 2.05. The van der Waals surface area contributed by atoms with E-state index in [2.05, 4.69) is 15.6 Å². The summed E-state index contributed by atoms with van der Waals surface area (Å²) in [6.07, 6.45) is 5.52. The van der Waals surface area contributed by atoms with Gasteiger partial charge in [-0.3, -0.25) is 9.78 Å². The molecule has 0 spiro atoms. The number of hydrogen-bond acceptors (Lipinski definition) is 3. The fourth-order valence-electron chi connectivity index (χ4n) is 1.72. The van der Waals surface area contributed by atoms with Crippen molar-refractivity contribution in [1.82, 2.24) is 15.6 Å². The summed E-state index contributed by atoms with van der Waals surface area (Å²) in [5, 5.41) is 6.06. The highest BCUT2D eigenvalue weighted by atomic mass is 16.2. The molecule has 15 heavy (non-hydrogen) atoms. The molecule has 1 unspecified atom stereocenters. The number of nitrogens with one attached hydrogen (secondary N) is 2. The average molecular weight is 205 g/mol. The van der Waals surface area contributed by atoms with E-state index in [1.807, 2.05) is 12.1 Å². The van der Waals surface area contributed by atoms with E-state index in [-0.39, 0.29) is 11.9 Å². The molecule has 1 amide bonds. The quantitative estimate of drug-likeness (QED) is 0.753. The molecule has 2 rings (SSSR count). The lowest BCUT2D eigenvalue weighted by Crippen LogP contribution is -2.39. The smallest absolute Gasteiger partial charge is 0.237 e. The van der Waals surface area contributed by atoms with Crippen molar-refractivity contribution in [2.45, 2.75) is 25.4 Å². The molecule has 0 aliphatic carbocycles. The number of pyridine rings is 1. The van der Waals surface area contributed by atoms with Gasteiger partial charge in [-0.15, -0.1) is 0 Å². The Morgan fingerprint density at radius 1 is 1.67 bits per heavy atom. The Morgan fingerprint density at radius 3 is 3.27 bits per heavy atom. The van der Waals surface area contributed by atoms with Gasteiger partial charge in [0.15, 0.2) is 0 Å². The Kier molecular flexibility index (Phi) is 3.29. The largest absolute Gasteiger partial charge is 0.351 e. The van der Waals surface area contributed by atoms with Crippen molar-refractivity contribution in [1.29, 1.82) is 0 Å². The molecule has 1 aliphatic heterocycles. The lowest BCUT2D eigenvalue weighted by atomic mass is 10.2. The van der Waals surface area contributed by atoms with Crippen LogP contribution in [0.15, 0.2) is 24.5 Å². The molecule has 0 saturated carbocycles. The number of hydrogen-bond donors (Lipinski definition) is 2. The summed E-state index contributed by atoms with van der Waals surface area (Å²) in [4.78, 5) is 15.6. The van der Waals surface area contributed by atoms with E-state index in [0.29, 0.717) is 6.54 Å². The van der Waals surface area contributed by atoms with Crippen LogP contribution in [0.3, 0.4) is 0 Å². The van der Waals surface area contributed by atoms with Gasteiger partial charge in [0.25, 0.3) is 0 Å². The van der Waals surface area contributed by atoms with E-state index in [9.17, 15) is 4.79 Å². The zero-order valence-corrected chi connectivity index (χ0v) is 8.57. The van der Waals surface area contributed by atoms with Crippen molar-refractivity contribution in [3.63, 3.8) is 0 Å². The summed E-state index contributed by atoms with van der Waals surface area (Å²) >= 11 is 0. The molecule has 0 bridgehead atoms. The van der Waals surface area contributed by atoms with Gasteiger partial charge in [-0.2, -0.15) is 0 Å². The van der Waals surface area contributed by atoms with Crippen LogP contribution in [0.1, 0.15) is 18.4 Å². The third kappa shape index (κ3) is 2.76. The Labute approximate surface area is 89.1 Å². The normalized spacial score (nSPS) is 20.1. The number of carbonyl (C=O) groups excluding carboxylic acids is 1. The first-order chi connectivity index (χ1) is 7.36. The first kappa shape index (κ1) is 10.1. The zero-order chi connectivity index (χ0) is 10.5. The second kappa shape index (κ2) is 4.89. The molecule has 1 aromatic rings. The van der Waals surface area contributed by atoms with Crippen molar-refractivity contribution in [2.75, 3.05) is 6.54 Å². The van der Waals surface area contributed by atoms with Crippen molar-refractivity contribution in [3.8, 4) is 0 Å². The van der Waals surface area contributed by atoms with Crippen LogP contribution in [-0.2, 0) is 11.3 Å². The molecule has 80 valence electrons. The average Bonchev–Trinajstić information content (AvgIpc) is 2.81. The Hall–Kier alpha value is -1.42. The number of rotatable bonds is 3. The molecule has 4 nitrogen and oxygen atoms in total. The van der Waals surface area contributed by atoms with Crippen molar-refractivity contribution in [3.05, 3.63) is 30.1 Å². The van der Waals surface area contributed by atoms with Gasteiger partial charge in [-0.25, -0.2) is 0 Å². The van der Waals surface area contributed by atoms with Crippen LogP contribution in [-0.4, -0.2) is 23.5 Å². The minimum absolute atomic E-state index is 0.00155.